The summed E-state index contributed by atoms with van der Waals surface area (Å²) in [6.45, 7) is 0. The van der Waals surface area contributed by atoms with E-state index in [1.165, 1.54) is 0 Å². The SMILES string of the molecule is [2H]c1c(-c2nc(Cl)nc(-c3ccccc3)n2)c([2H])c2c([2H])c([2H])c(-c3ccccc3)c([2H])c2c1[2H]. The molecule has 0 radical (unpaired) electrons. The largest absolute Gasteiger partial charge is 0.226 e. The number of hydrogen-bond donors (Lipinski definition) is 0. The van der Waals surface area contributed by atoms with E-state index in [0.717, 1.165) is 0 Å². The molecule has 0 unspecified atom stereocenters. The van der Waals surface area contributed by atoms with Gasteiger partial charge < -0.3 is 0 Å². The van der Waals surface area contributed by atoms with E-state index in [0.29, 0.717) is 11.1 Å². The Kier molecular flexibility index (Phi) is 3.11. The van der Waals surface area contributed by atoms with Gasteiger partial charge in [-0.05, 0) is 45.6 Å². The van der Waals surface area contributed by atoms with Crippen LogP contribution in [0.3, 0.4) is 0 Å². The lowest BCUT2D eigenvalue weighted by Gasteiger charge is -2.08. The first-order valence-corrected chi connectivity index (χ1v) is 9.23. The molecule has 0 aliphatic carbocycles. The molecule has 4 aromatic carbocycles. The van der Waals surface area contributed by atoms with Crippen molar-refractivity contribution in [2.75, 3.05) is 0 Å². The second kappa shape index (κ2) is 7.46. The summed E-state index contributed by atoms with van der Waals surface area (Å²) in [7, 11) is 0. The predicted molar refractivity (Wildman–Crippen MR) is 119 cm³/mol. The zero-order valence-corrected chi connectivity index (χ0v) is 15.7. The third-order valence-electron chi connectivity index (χ3n) is 4.30. The lowest BCUT2D eigenvalue weighted by molar-refractivity contribution is 1.07. The number of fused-ring (bicyclic) bond motifs is 1. The molecule has 5 rings (SSSR count). The van der Waals surface area contributed by atoms with Gasteiger partial charge in [0.2, 0.25) is 5.28 Å². The Hall–Kier alpha value is -3.56. The summed E-state index contributed by atoms with van der Waals surface area (Å²) < 4.78 is 52.1. The van der Waals surface area contributed by atoms with Gasteiger partial charge in [0.15, 0.2) is 11.6 Å². The second-order valence-corrected chi connectivity index (χ2v) is 6.57. The number of benzene rings is 4. The summed E-state index contributed by atoms with van der Waals surface area (Å²) in [4.78, 5) is 12.6. The molecular weight excluding hydrogens is 378 g/mol. The standard InChI is InChI=1S/C25H16ClN3/c26-25-28-23(18-9-5-2-6-10-18)27-24(29-25)22-14-13-20-15-19(11-12-21(20)16-22)17-7-3-1-4-8-17/h1-16H/i11D,12D,13D,14D,15D,16D. The Morgan fingerprint density at radius 1 is 0.552 bits per heavy atom. The predicted octanol–water partition coefficient (Wildman–Crippen LogP) is 6.68. The third kappa shape index (κ3) is 3.60. The van der Waals surface area contributed by atoms with Crippen LogP contribution in [-0.2, 0) is 0 Å². The van der Waals surface area contributed by atoms with Gasteiger partial charge in [0.25, 0.3) is 0 Å². The van der Waals surface area contributed by atoms with E-state index >= 15 is 0 Å². The fourth-order valence-corrected chi connectivity index (χ4v) is 3.07. The van der Waals surface area contributed by atoms with E-state index in [1.54, 1.807) is 54.6 Å². The van der Waals surface area contributed by atoms with Crippen LogP contribution in [0.1, 0.15) is 8.22 Å². The van der Waals surface area contributed by atoms with Gasteiger partial charge in [-0.25, -0.2) is 4.98 Å². The first-order valence-electron chi connectivity index (χ1n) is 11.9. The highest BCUT2D eigenvalue weighted by molar-refractivity contribution is 6.28. The maximum atomic E-state index is 8.84. The van der Waals surface area contributed by atoms with E-state index in [-0.39, 0.29) is 75.1 Å². The smallest absolute Gasteiger partial charge is 0.208 e. The highest BCUT2D eigenvalue weighted by Gasteiger charge is 2.10. The average Bonchev–Trinajstić information content (AvgIpc) is 2.86. The van der Waals surface area contributed by atoms with Gasteiger partial charge >= 0.3 is 0 Å². The third-order valence-corrected chi connectivity index (χ3v) is 4.47. The van der Waals surface area contributed by atoms with Crippen LogP contribution in [0.4, 0.5) is 0 Å². The molecule has 0 aliphatic rings. The Bertz CT molecular complexity index is 1610. The van der Waals surface area contributed by atoms with Crippen molar-refractivity contribution < 1.29 is 8.22 Å². The molecule has 0 fully saturated rings. The van der Waals surface area contributed by atoms with Crippen LogP contribution in [0.15, 0.2) is 96.9 Å². The molecule has 0 spiro atoms. The molecule has 0 amide bonds. The van der Waals surface area contributed by atoms with E-state index in [4.69, 9.17) is 19.8 Å². The van der Waals surface area contributed by atoms with E-state index in [1.807, 2.05) is 6.07 Å². The highest BCUT2D eigenvalue weighted by Crippen LogP contribution is 2.28. The summed E-state index contributed by atoms with van der Waals surface area (Å²) in [6, 6.07) is 16.0. The molecule has 0 aliphatic heterocycles. The molecule has 29 heavy (non-hydrogen) atoms. The number of rotatable bonds is 3. The van der Waals surface area contributed by atoms with Gasteiger partial charge in [0, 0.05) is 11.1 Å². The van der Waals surface area contributed by atoms with Crippen LogP contribution in [0, 0.1) is 0 Å². The van der Waals surface area contributed by atoms with Gasteiger partial charge in [-0.15, -0.1) is 0 Å². The molecule has 5 aromatic rings. The summed E-state index contributed by atoms with van der Waals surface area (Å²) in [6.07, 6.45) is 0. The molecule has 4 heteroatoms. The molecule has 138 valence electrons. The molecular formula is C25H16ClN3. The van der Waals surface area contributed by atoms with Crippen molar-refractivity contribution in [2.45, 2.75) is 0 Å². The first kappa shape index (κ1) is 12.1. The summed E-state index contributed by atoms with van der Waals surface area (Å²) in [5.74, 6) is 0.151. The Labute approximate surface area is 182 Å². The van der Waals surface area contributed by atoms with Crippen LogP contribution in [0.5, 0.6) is 0 Å². The molecule has 3 nitrogen and oxygen atoms in total. The molecule has 0 saturated carbocycles. The van der Waals surface area contributed by atoms with Gasteiger partial charge in [-0.2, -0.15) is 9.97 Å². The Balaban J connectivity index is 1.84. The summed E-state index contributed by atoms with van der Waals surface area (Å²) in [5, 5.41) is -0.257. The number of nitrogens with zero attached hydrogens (tertiary/aromatic N) is 3. The van der Waals surface area contributed by atoms with Crippen molar-refractivity contribution in [1.29, 1.82) is 0 Å². The van der Waals surface area contributed by atoms with Crippen LogP contribution in [0.25, 0.3) is 44.7 Å². The molecule has 0 atom stereocenters. The van der Waals surface area contributed by atoms with Crippen LogP contribution in [0.2, 0.25) is 5.28 Å². The topological polar surface area (TPSA) is 38.7 Å². The minimum atomic E-state index is -0.367. The molecule has 0 N–H and O–H groups in total. The van der Waals surface area contributed by atoms with Crippen molar-refractivity contribution in [3.05, 3.63) is 102 Å². The highest BCUT2D eigenvalue weighted by atomic mass is 35.5. The van der Waals surface area contributed by atoms with Crippen molar-refractivity contribution >= 4 is 22.4 Å². The summed E-state index contributed by atoms with van der Waals surface area (Å²) in [5.41, 5.74) is 1.27. The maximum Gasteiger partial charge on any atom is 0.226 e. The zero-order chi connectivity index (χ0) is 24.9. The molecule has 1 aromatic heterocycles. The van der Waals surface area contributed by atoms with Crippen molar-refractivity contribution in [2.24, 2.45) is 0 Å². The van der Waals surface area contributed by atoms with E-state index in [9.17, 15) is 0 Å². The van der Waals surface area contributed by atoms with Gasteiger partial charge in [0.05, 0.1) is 8.22 Å². The van der Waals surface area contributed by atoms with Crippen LogP contribution in [-0.4, -0.2) is 15.0 Å². The quantitative estimate of drug-likeness (QED) is 0.339. The first-order chi connectivity index (χ1) is 16.8. The fraction of sp³-hybridized carbons (Fsp3) is 0. The number of aromatic nitrogens is 3. The lowest BCUT2D eigenvalue weighted by atomic mass is 10.00. The number of hydrogen-bond acceptors (Lipinski definition) is 3. The Morgan fingerprint density at radius 3 is 1.72 bits per heavy atom. The van der Waals surface area contributed by atoms with E-state index in [2.05, 4.69) is 15.0 Å². The van der Waals surface area contributed by atoms with Crippen molar-refractivity contribution in [1.82, 2.24) is 15.0 Å². The molecule has 0 saturated heterocycles. The normalized spacial score (nSPS) is 13.8. The monoisotopic (exact) mass is 399 g/mol. The van der Waals surface area contributed by atoms with Crippen molar-refractivity contribution in [3.8, 4) is 33.9 Å². The fourth-order valence-electron chi connectivity index (χ4n) is 2.91. The zero-order valence-electron chi connectivity index (χ0n) is 21.0. The lowest BCUT2D eigenvalue weighted by Crippen LogP contribution is -1.97. The molecule has 0 bridgehead atoms. The number of halogens is 1. The summed E-state index contributed by atoms with van der Waals surface area (Å²) >= 11 is 6.15. The van der Waals surface area contributed by atoms with E-state index < -0.39 is 0 Å². The minimum absolute atomic E-state index is 0.0351. The van der Waals surface area contributed by atoms with Gasteiger partial charge in [0.1, 0.15) is 0 Å². The Morgan fingerprint density at radius 2 is 1.07 bits per heavy atom. The minimum Gasteiger partial charge on any atom is -0.208 e. The second-order valence-electron chi connectivity index (χ2n) is 6.23. The maximum absolute atomic E-state index is 8.84. The van der Waals surface area contributed by atoms with Gasteiger partial charge in [-0.1, -0.05) is 84.8 Å². The van der Waals surface area contributed by atoms with Gasteiger partial charge in [-0.3, -0.25) is 0 Å². The van der Waals surface area contributed by atoms with Crippen molar-refractivity contribution in [3.63, 3.8) is 0 Å². The molecule has 1 heterocycles. The van der Waals surface area contributed by atoms with Crippen LogP contribution >= 0.6 is 11.6 Å². The van der Waals surface area contributed by atoms with Crippen LogP contribution < -0.4 is 0 Å². The average molecular weight is 400 g/mol.